The fourth-order valence-corrected chi connectivity index (χ4v) is 8.61. The molecule has 4 aliphatic carbocycles. The molecule has 0 aliphatic heterocycles. The third kappa shape index (κ3) is 3.46. The zero-order valence-electron chi connectivity index (χ0n) is 19.0. The Balaban J connectivity index is 1.38. The third-order valence-electron chi connectivity index (χ3n) is 8.54. The average molecular weight is 459 g/mol. The molecule has 0 N–H and O–H groups in total. The van der Waals surface area contributed by atoms with Crippen LogP contribution in [0.1, 0.15) is 48.8 Å². The van der Waals surface area contributed by atoms with E-state index in [4.69, 9.17) is 4.18 Å². The maximum Gasteiger partial charge on any atom is 0.297 e. The van der Waals surface area contributed by atoms with Crippen molar-refractivity contribution in [2.75, 3.05) is 0 Å². The number of rotatable bonds is 5. The summed E-state index contributed by atoms with van der Waals surface area (Å²) in [7, 11) is -3.79. The van der Waals surface area contributed by atoms with Crippen molar-refractivity contribution in [3.8, 4) is 0 Å². The van der Waals surface area contributed by atoms with Crippen LogP contribution in [-0.2, 0) is 25.1 Å². The Kier molecular flexibility index (Phi) is 4.83. The fourth-order valence-electron chi connectivity index (χ4n) is 7.43. The molecule has 33 heavy (non-hydrogen) atoms. The average Bonchev–Trinajstić information content (AvgIpc) is 2.82. The van der Waals surface area contributed by atoms with E-state index >= 15 is 0 Å². The van der Waals surface area contributed by atoms with E-state index < -0.39 is 10.1 Å². The first-order chi connectivity index (χ1) is 15.9. The summed E-state index contributed by atoms with van der Waals surface area (Å²) in [5.74, 6) is 0.457. The minimum Gasteiger partial charge on any atom is -0.262 e. The van der Waals surface area contributed by atoms with E-state index in [1.165, 1.54) is 11.1 Å². The largest absolute Gasteiger partial charge is 0.297 e. The molecule has 7 rings (SSSR count). The maximum absolute atomic E-state index is 13.2. The van der Waals surface area contributed by atoms with E-state index in [1.54, 1.807) is 12.1 Å². The lowest BCUT2D eigenvalue weighted by molar-refractivity contribution is -0.106. The maximum atomic E-state index is 13.2. The van der Waals surface area contributed by atoms with Crippen molar-refractivity contribution in [3.05, 3.63) is 102 Å². The minimum absolute atomic E-state index is 0.0937. The summed E-state index contributed by atoms with van der Waals surface area (Å²) in [6.45, 7) is 1.96. The van der Waals surface area contributed by atoms with Gasteiger partial charge in [-0.3, -0.25) is 4.18 Å². The van der Waals surface area contributed by atoms with Gasteiger partial charge in [-0.1, -0.05) is 78.4 Å². The zero-order chi connectivity index (χ0) is 22.7. The van der Waals surface area contributed by atoms with Crippen LogP contribution in [-0.4, -0.2) is 14.5 Å². The third-order valence-corrected chi connectivity index (χ3v) is 9.86. The highest BCUT2D eigenvalue weighted by Crippen LogP contribution is 2.66. The van der Waals surface area contributed by atoms with Gasteiger partial charge in [-0.15, -0.1) is 0 Å². The van der Waals surface area contributed by atoms with Crippen LogP contribution in [0, 0.1) is 18.8 Å². The smallest absolute Gasteiger partial charge is 0.262 e. The molecule has 0 amide bonds. The van der Waals surface area contributed by atoms with E-state index in [9.17, 15) is 8.42 Å². The highest BCUT2D eigenvalue weighted by atomic mass is 32.2. The van der Waals surface area contributed by atoms with Crippen molar-refractivity contribution in [2.45, 2.75) is 60.9 Å². The number of hydrogen-bond acceptors (Lipinski definition) is 3. The van der Waals surface area contributed by atoms with Crippen molar-refractivity contribution < 1.29 is 12.6 Å². The Morgan fingerprint density at radius 2 is 1.15 bits per heavy atom. The minimum atomic E-state index is -3.79. The van der Waals surface area contributed by atoms with Gasteiger partial charge in [-0.05, 0) is 85.0 Å². The van der Waals surface area contributed by atoms with Crippen LogP contribution in [0.25, 0.3) is 0 Å². The van der Waals surface area contributed by atoms with E-state index in [0.29, 0.717) is 0 Å². The van der Waals surface area contributed by atoms with E-state index in [0.717, 1.165) is 37.7 Å². The monoisotopic (exact) mass is 458 g/mol. The SMILES string of the molecule is Cc1ccc(S(=O)(=O)OC2C3CC4(c5ccccc5)CC2CC(c2ccccc2)(C3)C4)cc1. The van der Waals surface area contributed by atoms with Gasteiger partial charge in [0.1, 0.15) is 0 Å². The number of hydrogen-bond donors (Lipinski definition) is 0. The fraction of sp³-hybridized carbons (Fsp3) is 0.379. The zero-order valence-corrected chi connectivity index (χ0v) is 19.8. The molecule has 170 valence electrons. The molecule has 3 aromatic carbocycles. The molecule has 0 heterocycles. The summed E-state index contributed by atoms with van der Waals surface area (Å²) in [5, 5.41) is 0. The number of benzene rings is 3. The molecule has 0 saturated heterocycles. The number of aryl methyl sites for hydroxylation is 1. The normalized spacial score (nSPS) is 32.7. The summed E-state index contributed by atoms with van der Waals surface area (Å²) in [6, 6.07) is 28.8. The predicted octanol–water partition coefficient (Wildman–Crippen LogP) is 6.17. The molecular weight excluding hydrogens is 428 g/mol. The first kappa shape index (κ1) is 21.1. The standard InChI is InChI=1S/C29H30O3S/c1-21-12-14-26(15-13-21)33(30,31)32-27-22-16-28(24-8-4-2-5-9-24)17-23(27)19-29(18-22,20-28)25-10-6-3-7-11-25/h2-15,22-23,27H,16-20H2,1H3. The van der Waals surface area contributed by atoms with E-state index in [1.807, 2.05) is 19.1 Å². The molecule has 0 aromatic heterocycles. The van der Waals surface area contributed by atoms with E-state index in [-0.39, 0.29) is 33.7 Å². The lowest BCUT2D eigenvalue weighted by atomic mass is 9.41. The molecule has 4 bridgehead atoms. The Bertz CT molecular complexity index is 1180. The molecule has 3 nitrogen and oxygen atoms in total. The quantitative estimate of drug-likeness (QED) is 0.430. The lowest BCUT2D eigenvalue weighted by Crippen LogP contribution is -2.62. The summed E-state index contributed by atoms with van der Waals surface area (Å²) in [6.07, 6.45) is 4.88. The summed E-state index contributed by atoms with van der Waals surface area (Å²) >= 11 is 0. The van der Waals surface area contributed by atoms with Gasteiger partial charge in [0.2, 0.25) is 0 Å². The van der Waals surface area contributed by atoms with Gasteiger partial charge in [0.05, 0.1) is 11.0 Å². The van der Waals surface area contributed by atoms with Crippen LogP contribution >= 0.6 is 0 Å². The molecule has 0 radical (unpaired) electrons. The second-order valence-corrected chi connectivity index (χ2v) is 12.2. The second kappa shape index (κ2) is 7.54. The molecule has 4 fully saturated rings. The summed E-state index contributed by atoms with van der Waals surface area (Å²) in [5.41, 5.74) is 4.03. The van der Waals surface area contributed by atoms with Gasteiger partial charge in [-0.2, -0.15) is 8.42 Å². The van der Waals surface area contributed by atoms with Crippen LogP contribution in [0.3, 0.4) is 0 Å². The van der Waals surface area contributed by atoms with Crippen LogP contribution in [0.5, 0.6) is 0 Å². The van der Waals surface area contributed by atoms with Crippen molar-refractivity contribution in [1.29, 1.82) is 0 Å². The van der Waals surface area contributed by atoms with Gasteiger partial charge in [0.15, 0.2) is 0 Å². The van der Waals surface area contributed by atoms with E-state index in [2.05, 4.69) is 60.7 Å². The molecule has 0 spiro atoms. The lowest BCUT2D eigenvalue weighted by Gasteiger charge is -2.64. The molecule has 3 aromatic rings. The summed E-state index contributed by atoms with van der Waals surface area (Å²) in [4.78, 5) is 0.262. The Hall–Kier alpha value is -2.43. The molecule has 0 atom stereocenters. The summed E-state index contributed by atoms with van der Waals surface area (Å²) < 4.78 is 32.5. The van der Waals surface area contributed by atoms with Gasteiger partial charge in [-0.25, -0.2) is 0 Å². The molecule has 4 heteroatoms. The van der Waals surface area contributed by atoms with Gasteiger partial charge >= 0.3 is 0 Å². The van der Waals surface area contributed by atoms with Crippen molar-refractivity contribution >= 4 is 10.1 Å². The second-order valence-electron chi connectivity index (χ2n) is 10.6. The molecule has 0 unspecified atom stereocenters. The first-order valence-electron chi connectivity index (χ1n) is 12.0. The molecular formula is C29H30O3S. The van der Waals surface area contributed by atoms with Gasteiger partial charge in [0.25, 0.3) is 10.1 Å². The van der Waals surface area contributed by atoms with Crippen LogP contribution in [0.15, 0.2) is 89.8 Å². The predicted molar refractivity (Wildman–Crippen MR) is 130 cm³/mol. The Labute approximate surface area is 196 Å². The Morgan fingerprint density at radius 3 is 1.61 bits per heavy atom. The highest BCUT2D eigenvalue weighted by Gasteiger charge is 2.63. The van der Waals surface area contributed by atoms with Crippen LogP contribution < -0.4 is 0 Å². The van der Waals surface area contributed by atoms with Gasteiger partial charge in [0, 0.05) is 0 Å². The van der Waals surface area contributed by atoms with Crippen molar-refractivity contribution in [1.82, 2.24) is 0 Å². The molecule has 4 saturated carbocycles. The van der Waals surface area contributed by atoms with Crippen LogP contribution in [0.4, 0.5) is 0 Å². The van der Waals surface area contributed by atoms with Gasteiger partial charge < -0.3 is 0 Å². The Morgan fingerprint density at radius 1 is 0.697 bits per heavy atom. The molecule has 4 aliphatic rings. The van der Waals surface area contributed by atoms with Crippen LogP contribution in [0.2, 0.25) is 0 Å². The van der Waals surface area contributed by atoms with Crippen molar-refractivity contribution in [2.24, 2.45) is 11.8 Å². The highest BCUT2D eigenvalue weighted by molar-refractivity contribution is 7.86. The van der Waals surface area contributed by atoms with Crippen molar-refractivity contribution in [3.63, 3.8) is 0 Å². The topological polar surface area (TPSA) is 43.4 Å². The first-order valence-corrected chi connectivity index (χ1v) is 13.4.